The van der Waals surface area contributed by atoms with E-state index in [2.05, 4.69) is 4.72 Å². The fourth-order valence-corrected chi connectivity index (χ4v) is 3.35. The van der Waals surface area contributed by atoms with Crippen LogP contribution in [0.5, 0.6) is 0 Å². The van der Waals surface area contributed by atoms with Crippen molar-refractivity contribution in [3.05, 3.63) is 28.8 Å². The van der Waals surface area contributed by atoms with Crippen molar-refractivity contribution < 1.29 is 8.42 Å². The smallest absolute Gasteiger partial charge is 0.242 e. The van der Waals surface area contributed by atoms with Gasteiger partial charge in [0.15, 0.2) is 0 Å². The number of hydrogen-bond acceptors (Lipinski definition) is 4. The lowest BCUT2D eigenvalue weighted by atomic mass is 10.2. The second kappa shape index (κ2) is 5.47. The summed E-state index contributed by atoms with van der Waals surface area (Å²) in [5.74, 6) is 0.406. The number of nitrogens with one attached hydrogen (secondary N) is 1. The molecule has 0 heterocycles. The van der Waals surface area contributed by atoms with Crippen LogP contribution >= 0.6 is 11.6 Å². The molecule has 0 aromatic heterocycles. The molecular formula is C12H14ClN3O2S. The zero-order valence-corrected chi connectivity index (χ0v) is 11.7. The molecule has 0 aliphatic heterocycles. The van der Waals surface area contributed by atoms with E-state index in [1.165, 1.54) is 18.2 Å². The molecule has 1 saturated carbocycles. The Morgan fingerprint density at radius 3 is 2.79 bits per heavy atom. The van der Waals surface area contributed by atoms with Crippen LogP contribution in [0.15, 0.2) is 23.1 Å². The highest BCUT2D eigenvalue weighted by atomic mass is 35.5. The highest BCUT2D eigenvalue weighted by Crippen LogP contribution is 2.31. The van der Waals surface area contributed by atoms with Crippen LogP contribution in [0.1, 0.15) is 18.4 Å². The van der Waals surface area contributed by atoms with Crippen molar-refractivity contribution in [2.24, 2.45) is 11.7 Å². The van der Waals surface area contributed by atoms with Crippen molar-refractivity contribution in [2.45, 2.75) is 23.8 Å². The monoisotopic (exact) mass is 299 g/mol. The number of sulfonamides is 1. The molecular weight excluding hydrogens is 286 g/mol. The molecule has 1 aliphatic rings. The fraction of sp³-hybridized carbons (Fsp3) is 0.417. The maximum Gasteiger partial charge on any atom is 0.242 e. The van der Waals surface area contributed by atoms with Crippen LogP contribution in [0.4, 0.5) is 0 Å². The van der Waals surface area contributed by atoms with Gasteiger partial charge in [-0.2, -0.15) is 5.26 Å². The molecule has 1 aliphatic carbocycles. The third-order valence-corrected chi connectivity index (χ3v) is 4.99. The van der Waals surface area contributed by atoms with Crippen LogP contribution in [0.3, 0.4) is 0 Å². The Morgan fingerprint density at radius 1 is 1.53 bits per heavy atom. The van der Waals surface area contributed by atoms with Crippen molar-refractivity contribution >= 4 is 21.6 Å². The molecule has 5 nitrogen and oxygen atoms in total. The quantitative estimate of drug-likeness (QED) is 0.854. The van der Waals surface area contributed by atoms with Gasteiger partial charge in [0, 0.05) is 12.6 Å². The molecule has 1 unspecified atom stereocenters. The molecule has 1 fully saturated rings. The summed E-state index contributed by atoms with van der Waals surface area (Å²) in [7, 11) is -3.74. The lowest BCUT2D eigenvalue weighted by Crippen LogP contribution is -2.38. The van der Waals surface area contributed by atoms with Gasteiger partial charge in [0.2, 0.25) is 10.0 Å². The zero-order chi connectivity index (χ0) is 14.0. The average Bonchev–Trinajstić information content (AvgIpc) is 3.20. The Morgan fingerprint density at radius 2 is 2.21 bits per heavy atom. The molecule has 0 radical (unpaired) electrons. The normalized spacial score (nSPS) is 16.9. The number of halogens is 1. The molecule has 19 heavy (non-hydrogen) atoms. The van der Waals surface area contributed by atoms with Crippen molar-refractivity contribution in [2.75, 3.05) is 6.54 Å². The van der Waals surface area contributed by atoms with Gasteiger partial charge < -0.3 is 5.73 Å². The number of rotatable bonds is 5. The molecule has 2 rings (SSSR count). The first-order chi connectivity index (χ1) is 8.94. The Bertz CT molecular complexity index is 620. The topological polar surface area (TPSA) is 96.0 Å². The van der Waals surface area contributed by atoms with Gasteiger partial charge in [-0.1, -0.05) is 11.6 Å². The molecule has 7 heteroatoms. The minimum atomic E-state index is -3.74. The summed E-state index contributed by atoms with van der Waals surface area (Å²) in [6.07, 6.45) is 2.10. The highest BCUT2D eigenvalue weighted by molar-refractivity contribution is 7.89. The third kappa shape index (κ3) is 3.45. The SMILES string of the molecule is N#Cc1ccc(Cl)c(S(=O)(=O)NCC(N)C2CC2)c1. The first-order valence-electron chi connectivity index (χ1n) is 5.89. The van der Waals surface area contributed by atoms with E-state index in [-0.39, 0.29) is 28.1 Å². The summed E-state index contributed by atoms with van der Waals surface area (Å²) in [5.41, 5.74) is 6.09. The Hall–Kier alpha value is -1.13. The lowest BCUT2D eigenvalue weighted by Gasteiger charge is -2.13. The first-order valence-corrected chi connectivity index (χ1v) is 7.75. The summed E-state index contributed by atoms with van der Waals surface area (Å²) in [6.45, 7) is 0.181. The van der Waals surface area contributed by atoms with Crippen LogP contribution in [0.2, 0.25) is 5.02 Å². The molecule has 0 amide bonds. The predicted molar refractivity (Wildman–Crippen MR) is 72.1 cm³/mol. The van der Waals surface area contributed by atoms with Gasteiger partial charge in [-0.15, -0.1) is 0 Å². The molecule has 102 valence electrons. The van der Waals surface area contributed by atoms with E-state index >= 15 is 0 Å². The maximum absolute atomic E-state index is 12.1. The minimum Gasteiger partial charge on any atom is -0.326 e. The van der Waals surface area contributed by atoms with E-state index in [9.17, 15) is 8.42 Å². The molecule has 0 saturated heterocycles. The summed E-state index contributed by atoms with van der Waals surface area (Å²) in [4.78, 5) is -0.0868. The van der Waals surface area contributed by atoms with Gasteiger partial charge in [0.1, 0.15) is 4.90 Å². The van der Waals surface area contributed by atoms with Gasteiger partial charge in [0.05, 0.1) is 16.7 Å². The number of benzene rings is 1. The number of hydrogen-bond donors (Lipinski definition) is 2. The predicted octanol–water partition coefficient (Wildman–Crippen LogP) is 1.23. The molecule has 1 aromatic carbocycles. The van der Waals surface area contributed by atoms with E-state index in [1.807, 2.05) is 6.07 Å². The van der Waals surface area contributed by atoms with Crippen molar-refractivity contribution in [1.82, 2.24) is 4.72 Å². The van der Waals surface area contributed by atoms with Gasteiger partial charge in [0.25, 0.3) is 0 Å². The largest absolute Gasteiger partial charge is 0.326 e. The van der Waals surface area contributed by atoms with Gasteiger partial charge in [-0.3, -0.25) is 0 Å². The maximum atomic E-state index is 12.1. The first kappa shape index (κ1) is 14.3. The molecule has 0 spiro atoms. The Balaban J connectivity index is 2.16. The highest BCUT2D eigenvalue weighted by Gasteiger charge is 2.29. The Labute approximate surface area is 117 Å². The van der Waals surface area contributed by atoms with E-state index < -0.39 is 10.0 Å². The van der Waals surface area contributed by atoms with Gasteiger partial charge in [-0.25, -0.2) is 13.1 Å². The zero-order valence-electron chi connectivity index (χ0n) is 10.1. The number of nitrogens with zero attached hydrogens (tertiary/aromatic N) is 1. The van der Waals surface area contributed by atoms with Crippen LogP contribution in [0.25, 0.3) is 0 Å². The van der Waals surface area contributed by atoms with Crippen LogP contribution in [0, 0.1) is 17.2 Å². The fourth-order valence-electron chi connectivity index (χ4n) is 1.75. The van der Waals surface area contributed by atoms with Crippen LogP contribution in [-0.4, -0.2) is 21.0 Å². The van der Waals surface area contributed by atoms with Crippen LogP contribution < -0.4 is 10.5 Å². The minimum absolute atomic E-state index is 0.0868. The average molecular weight is 300 g/mol. The lowest BCUT2D eigenvalue weighted by molar-refractivity contribution is 0.548. The van der Waals surface area contributed by atoms with E-state index in [1.54, 1.807) is 0 Å². The van der Waals surface area contributed by atoms with Crippen molar-refractivity contribution in [1.29, 1.82) is 5.26 Å². The van der Waals surface area contributed by atoms with Crippen molar-refractivity contribution in [3.63, 3.8) is 0 Å². The second-order valence-corrected chi connectivity index (χ2v) is 6.75. The standard InChI is InChI=1S/C12H14ClN3O2S/c13-10-4-1-8(6-14)5-12(10)19(17,18)16-7-11(15)9-2-3-9/h1,4-5,9,11,16H,2-3,7,15H2. The summed E-state index contributed by atoms with van der Waals surface area (Å²) in [5, 5.41) is 8.88. The molecule has 0 bridgehead atoms. The second-order valence-electron chi connectivity index (χ2n) is 4.61. The summed E-state index contributed by atoms with van der Waals surface area (Å²) in [6, 6.07) is 5.84. The molecule has 3 N–H and O–H groups in total. The Kier molecular flexibility index (Phi) is 4.11. The van der Waals surface area contributed by atoms with Crippen molar-refractivity contribution in [3.8, 4) is 6.07 Å². The summed E-state index contributed by atoms with van der Waals surface area (Å²) < 4.78 is 26.7. The van der Waals surface area contributed by atoms with Crippen LogP contribution in [-0.2, 0) is 10.0 Å². The molecule has 1 atom stereocenters. The number of nitrogens with two attached hydrogens (primary N) is 1. The number of nitriles is 1. The van der Waals surface area contributed by atoms with E-state index in [4.69, 9.17) is 22.6 Å². The molecule has 1 aromatic rings. The van der Waals surface area contributed by atoms with Gasteiger partial charge >= 0.3 is 0 Å². The van der Waals surface area contributed by atoms with E-state index in [0.717, 1.165) is 12.8 Å². The van der Waals surface area contributed by atoms with Gasteiger partial charge in [-0.05, 0) is 37.0 Å². The summed E-state index contributed by atoms with van der Waals surface area (Å²) >= 11 is 5.87. The van der Waals surface area contributed by atoms with E-state index in [0.29, 0.717) is 5.92 Å². The third-order valence-electron chi connectivity index (χ3n) is 3.09.